The first kappa shape index (κ1) is 17.9. The van der Waals surface area contributed by atoms with Crippen molar-refractivity contribution in [2.24, 2.45) is 0 Å². The molecular formula is C17H17F3N2O2S. The van der Waals surface area contributed by atoms with Crippen LogP contribution >= 0.6 is 0 Å². The van der Waals surface area contributed by atoms with Crippen LogP contribution in [0.5, 0.6) is 0 Å². The second-order valence-corrected chi connectivity index (χ2v) is 7.74. The maximum atomic E-state index is 13.8. The minimum atomic E-state index is -4.23. The smallest absolute Gasteiger partial charge is 0.249 e. The Balaban J connectivity index is 1.69. The molecule has 1 aliphatic rings. The van der Waals surface area contributed by atoms with Crippen LogP contribution in [0.1, 0.15) is 5.56 Å². The quantitative estimate of drug-likeness (QED) is 0.831. The van der Waals surface area contributed by atoms with Crippen LogP contribution in [-0.4, -0.2) is 43.8 Å². The number of hydrogen-bond acceptors (Lipinski definition) is 3. The fourth-order valence-corrected chi connectivity index (χ4v) is 4.41. The summed E-state index contributed by atoms with van der Waals surface area (Å²) in [7, 11) is -4.23. The van der Waals surface area contributed by atoms with E-state index >= 15 is 0 Å². The first-order valence-electron chi connectivity index (χ1n) is 7.79. The molecule has 0 aromatic heterocycles. The highest BCUT2D eigenvalue weighted by Gasteiger charge is 2.33. The zero-order valence-electron chi connectivity index (χ0n) is 13.3. The third-order valence-electron chi connectivity index (χ3n) is 4.14. The molecule has 0 saturated carbocycles. The van der Waals surface area contributed by atoms with E-state index in [2.05, 4.69) is 0 Å². The van der Waals surface area contributed by atoms with E-state index in [1.807, 2.05) is 4.90 Å². The minimum Gasteiger partial charge on any atom is -0.296 e. The van der Waals surface area contributed by atoms with E-state index in [4.69, 9.17) is 0 Å². The van der Waals surface area contributed by atoms with Crippen molar-refractivity contribution in [1.29, 1.82) is 0 Å². The average Bonchev–Trinajstić information content (AvgIpc) is 2.55. The highest BCUT2D eigenvalue weighted by atomic mass is 32.2. The molecule has 2 aromatic rings. The summed E-state index contributed by atoms with van der Waals surface area (Å²) in [4.78, 5) is 1.06. The van der Waals surface area contributed by atoms with Crippen molar-refractivity contribution in [2.75, 3.05) is 26.2 Å². The summed E-state index contributed by atoms with van der Waals surface area (Å²) in [5, 5.41) is 0. The third kappa shape index (κ3) is 3.86. The van der Waals surface area contributed by atoms with Crippen molar-refractivity contribution in [2.45, 2.75) is 11.4 Å². The van der Waals surface area contributed by atoms with Crippen molar-refractivity contribution in [1.82, 2.24) is 9.21 Å². The van der Waals surface area contributed by atoms with Crippen LogP contribution < -0.4 is 0 Å². The molecule has 0 unspecified atom stereocenters. The lowest BCUT2D eigenvalue weighted by Crippen LogP contribution is -2.48. The van der Waals surface area contributed by atoms with Gasteiger partial charge in [-0.1, -0.05) is 18.2 Å². The van der Waals surface area contributed by atoms with Crippen LogP contribution in [0.15, 0.2) is 47.4 Å². The van der Waals surface area contributed by atoms with Crippen LogP contribution in [0.3, 0.4) is 0 Å². The van der Waals surface area contributed by atoms with E-state index in [1.54, 1.807) is 12.1 Å². The topological polar surface area (TPSA) is 40.6 Å². The van der Waals surface area contributed by atoms with Gasteiger partial charge in [-0.25, -0.2) is 21.6 Å². The molecular weight excluding hydrogens is 353 g/mol. The molecule has 2 aromatic carbocycles. The normalized spacial score (nSPS) is 16.9. The lowest BCUT2D eigenvalue weighted by molar-refractivity contribution is 0.181. The Hall–Kier alpha value is -1.90. The Labute approximate surface area is 144 Å². The molecule has 0 atom stereocenters. The highest BCUT2D eigenvalue weighted by Crippen LogP contribution is 2.23. The summed E-state index contributed by atoms with van der Waals surface area (Å²) >= 11 is 0. The molecule has 0 bridgehead atoms. The van der Waals surface area contributed by atoms with Crippen LogP contribution in [0.4, 0.5) is 13.2 Å². The van der Waals surface area contributed by atoms with Crippen molar-refractivity contribution in [3.05, 3.63) is 65.5 Å². The van der Waals surface area contributed by atoms with E-state index in [-0.39, 0.29) is 18.9 Å². The number of nitrogens with zero attached hydrogens (tertiary/aromatic N) is 2. The average molecular weight is 370 g/mol. The van der Waals surface area contributed by atoms with Gasteiger partial charge in [0, 0.05) is 32.7 Å². The van der Waals surface area contributed by atoms with Crippen molar-refractivity contribution in [3.8, 4) is 0 Å². The summed E-state index contributed by atoms with van der Waals surface area (Å²) in [6.45, 7) is 1.51. The molecule has 25 heavy (non-hydrogen) atoms. The Bertz CT molecular complexity index is 846. The monoisotopic (exact) mass is 370 g/mol. The summed E-state index contributed by atoms with van der Waals surface area (Å²) in [6, 6.07) is 9.18. The second kappa shape index (κ2) is 7.15. The van der Waals surface area contributed by atoms with E-state index in [9.17, 15) is 21.6 Å². The van der Waals surface area contributed by atoms with Gasteiger partial charge < -0.3 is 0 Å². The lowest BCUT2D eigenvalue weighted by atomic mass is 10.2. The van der Waals surface area contributed by atoms with E-state index < -0.39 is 26.6 Å². The fourth-order valence-electron chi connectivity index (χ4n) is 2.88. The van der Waals surface area contributed by atoms with Crippen LogP contribution in [0, 0.1) is 17.5 Å². The van der Waals surface area contributed by atoms with Crippen molar-refractivity contribution < 1.29 is 21.6 Å². The zero-order valence-corrected chi connectivity index (χ0v) is 14.1. The first-order chi connectivity index (χ1) is 11.9. The summed E-state index contributed by atoms with van der Waals surface area (Å²) in [5.74, 6) is -2.52. The largest absolute Gasteiger partial charge is 0.296 e. The molecule has 0 N–H and O–H groups in total. The molecule has 3 rings (SSSR count). The number of rotatable bonds is 4. The van der Waals surface area contributed by atoms with Gasteiger partial charge in [0.25, 0.3) is 0 Å². The van der Waals surface area contributed by atoms with Crippen molar-refractivity contribution in [3.63, 3.8) is 0 Å². The predicted molar refractivity (Wildman–Crippen MR) is 86.8 cm³/mol. The van der Waals surface area contributed by atoms with Gasteiger partial charge in [-0.2, -0.15) is 4.31 Å². The lowest BCUT2D eigenvalue weighted by Gasteiger charge is -2.34. The van der Waals surface area contributed by atoms with Gasteiger partial charge in [-0.3, -0.25) is 4.90 Å². The third-order valence-corrected chi connectivity index (χ3v) is 6.09. The summed E-state index contributed by atoms with van der Waals surface area (Å²) in [5.41, 5.74) is 0.788. The highest BCUT2D eigenvalue weighted by molar-refractivity contribution is 7.89. The molecule has 1 fully saturated rings. The maximum absolute atomic E-state index is 13.8. The zero-order chi connectivity index (χ0) is 18.0. The van der Waals surface area contributed by atoms with Gasteiger partial charge in [-0.15, -0.1) is 0 Å². The minimum absolute atomic E-state index is 0.116. The predicted octanol–water partition coefficient (Wildman–Crippen LogP) is 2.61. The number of sulfonamides is 1. The number of benzene rings is 2. The van der Waals surface area contributed by atoms with E-state index in [0.29, 0.717) is 19.6 Å². The molecule has 1 saturated heterocycles. The molecule has 8 heteroatoms. The van der Waals surface area contributed by atoms with Gasteiger partial charge >= 0.3 is 0 Å². The molecule has 1 aliphatic heterocycles. The van der Waals surface area contributed by atoms with Crippen molar-refractivity contribution >= 4 is 10.0 Å². The summed E-state index contributed by atoms with van der Waals surface area (Å²) in [6.07, 6.45) is 0. The van der Waals surface area contributed by atoms with Crippen LogP contribution in [-0.2, 0) is 16.6 Å². The number of hydrogen-bond donors (Lipinski definition) is 0. The fraction of sp³-hybridized carbons (Fsp3) is 0.294. The van der Waals surface area contributed by atoms with Gasteiger partial charge in [0.2, 0.25) is 10.0 Å². The van der Waals surface area contributed by atoms with Gasteiger partial charge in [0.05, 0.1) is 0 Å². The summed E-state index contributed by atoms with van der Waals surface area (Å²) < 4.78 is 67.0. The molecule has 4 nitrogen and oxygen atoms in total. The SMILES string of the molecule is O=S(=O)(c1c(F)cccc1F)N1CCN(Cc2cccc(F)c2)CC1. The van der Waals surface area contributed by atoms with Crippen LogP contribution in [0.2, 0.25) is 0 Å². The standard InChI is InChI=1S/C17H17F3N2O2S/c18-14-4-1-3-13(11-14)12-21-7-9-22(10-8-21)25(23,24)17-15(19)5-2-6-16(17)20/h1-6,11H,7-10,12H2. The van der Waals surface area contributed by atoms with Gasteiger partial charge in [0.15, 0.2) is 4.90 Å². The van der Waals surface area contributed by atoms with Gasteiger partial charge in [-0.05, 0) is 29.8 Å². The molecule has 134 valence electrons. The van der Waals surface area contributed by atoms with E-state index in [0.717, 1.165) is 28.1 Å². The number of halogens is 3. The maximum Gasteiger partial charge on any atom is 0.249 e. The van der Waals surface area contributed by atoms with Gasteiger partial charge in [0.1, 0.15) is 17.5 Å². The van der Waals surface area contributed by atoms with E-state index in [1.165, 1.54) is 12.1 Å². The Morgan fingerprint density at radius 3 is 2.08 bits per heavy atom. The Morgan fingerprint density at radius 1 is 0.880 bits per heavy atom. The molecule has 1 heterocycles. The molecule has 0 radical (unpaired) electrons. The molecule has 0 aliphatic carbocycles. The number of piperazine rings is 1. The Kier molecular flexibility index (Phi) is 5.12. The van der Waals surface area contributed by atoms with Crippen LogP contribution in [0.25, 0.3) is 0 Å². The molecule has 0 spiro atoms. The molecule has 0 amide bonds. The second-order valence-electron chi connectivity index (χ2n) is 5.86. The first-order valence-corrected chi connectivity index (χ1v) is 9.23. The Morgan fingerprint density at radius 2 is 1.48 bits per heavy atom.